The van der Waals surface area contributed by atoms with E-state index >= 15 is 0 Å². The third-order valence-electron chi connectivity index (χ3n) is 3.43. The molecule has 5 nitrogen and oxygen atoms in total. The van der Waals surface area contributed by atoms with Crippen LogP contribution in [0.3, 0.4) is 0 Å². The van der Waals surface area contributed by atoms with E-state index in [1.807, 2.05) is 24.3 Å². The standard InChI is InChI=1S/C18H20F3N3O2/c1-25-15-8-4-13(5-9-15)3-2-12-23-17(22)24-14-6-10-16(11-7-14)26-18(19,20)21/h4-11H,2-3,12H2,1H3,(H3,22,23,24). The van der Waals surface area contributed by atoms with Crippen molar-refractivity contribution in [2.75, 3.05) is 19.0 Å². The van der Waals surface area contributed by atoms with Gasteiger partial charge in [-0.25, -0.2) is 0 Å². The molecule has 0 spiro atoms. The Balaban J connectivity index is 1.76. The fourth-order valence-corrected chi connectivity index (χ4v) is 2.20. The highest BCUT2D eigenvalue weighted by Crippen LogP contribution is 2.23. The number of rotatable bonds is 7. The molecule has 2 aromatic rings. The molecule has 2 aromatic carbocycles. The number of benzene rings is 2. The number of hydrogen-bond acceptors (Lipinski definition) is 3. The molecule has 0 radical (unpaired) electrons. The maximum atomic E-state index is 12.1. The maximum absolute atomic E-state index is 12.1. The fraction of sp³-hybridized carbons (Fsp3) is 0.278. The van der Waals surface area contributed by atoms with Crippen molar-refractivity contribution in [3.05, 3.63) is 54.1 Å². The first-order valence-electron chi connectivity index (χ1n) is 7.91. The molecule has 0 amide bonds. The van der Waals surface area contributed by atoms with Crippen molar-refractivity contribution in [2.24, 2.45) is 10.7 Å². The summed E-state index contributed by atoms with van der Waals surface area (Å²) >= 11 is 0. The number of guanidine groups is 1. The molecule has 140 valence electrons. The second-order valence-corrected chi connectivity index (χ2v) is 5.42. The van der Waals surface area contributed by atoms with Gasteiger partial charge in [-0.2, -0.15) is 0 Å². The summed E-state index contributed by atoms with van der Waals surface area (Å²) in [5, 5.41) is 2.82. The normalized spacial score (nSPS) is 11.9. The number of nitrogens with zero attached hydrogens (tertiary/aromatic N) is 1. The first-order valence-corrected chi connectivity index (χ1v) is 7.91. The summed E-state index contributed by atoms with van der Waals surface area (Å²) in [7, 11) is 1.62. The van der Waals surface area contributed by atoms with Crippen LogP contribution in [0.5, 0.6) is 11.5 Å². The molecular weight excluding hydrogens is 347 g/mol. The molecule has 2 rings (SSSR count). The lowest BCUT2D eigenvalue weighted by atomic mass is 10.1. The van der Waals surface area contributed by atoms with Crippen LogP contribution in [0.4, 0.5) is 18.9 Å². The third kappa shape index (κ3) is 6.92. The Bertz CT molecular complexity index is 714. The van der Waals surface area contributed by atoms with Crippen LogP contribution in [-0.4, -0.2) is 26.0 Å². The van der Waals surface area contributed by atoms with Crippen molar-refractivity contribution in [1.29, 1.82) is 0 Å². The minimum absolute atomic E-state index is 0.198. The molecule has 0 aliphatic carbocycles. The summed E-state index contributed by atoms with van der Waals surface area (Å²) in [5.41, 5.74) is 7.47. The van der Waals surface area contributed by atoms with Crippen LogP contribution in [0.25, 0.3) is 0 Å². The largest absolute Gasteiger partial charge is 0.573 e. The number of alkyl halides is 3. The number of aliphatic imine (C=N–C) groups is 1. The van der Waals surface area contributed by atoms with E-state index in [1.165, 1.54) is 29.8 Å². The van der Waals surface area contributed by atoms with Gasteiger partial charge in [0, 0.05) is 12.2 Å². The van der Waals surface area contributed by atoms with E-state index in [4.69, 9.17) is 10.5 Å². The summed E-state index contributed by atoms with van der Waals surface area (Å²) in [5.74, 6) is 0.717. The van der Waals surface area contributed by atoms with Gasteiger partial charge in [-0.15, -0.1) is 13.2 Å². The number of anilines is 1. The highest BCUT2D eigenvalue weighted by Gasteiger charge is 2.30. The Morgan fingerprint density at radius 2 is 1.65 bits per heavy atom. The van der Waals surface area contributed by atoms with Crippen molar-refractivity contribution < 1.29 is 22.6 Å². The lowest BCUT2D eigenvalue weighted by molar-refractivity contribution is -0.274. The molecule has 0 atom stereocenters. The highest BCUT2D eigenvalue weighted by molar-refractivity contribution is 5.92. The van der Waals surface area contributed by atoms with Gasteiger partial charge in [-0.05, 0) is 54.8 Å². The van der Waals surface area contributed by atoms with Crippen LogP contribution >= 0.6 is 0 Å². The zero-order chi connectivity index (χ0) is 19.0. The molecule has 0 aliphatic heterocycles. The number of methoxy groups -OCH3 is 1. The van der Waals surface area contributed by atoms with Crippen LogP contribution in [0.1, 0.15) is 12.0 Å². The Labute approximate surface area is 149 Å². The second-order valence-electron chi connectivity index (χ2n) is 5.42. The molecule has 3 N–H and O–H groups in total. The Morgan fingerprint density at radius 3 is 2.23 bits per heavy atom. The van der Waals surface area contributed by atoms with Gasteiger partial charge >= 0.3 is 6.36 Å². The topological polar surface area (TPSA) is 68.9 Å². The van der Waals surface area contributed by atoms with E-state index in [0.29, 0.717) is 12.2 Å². The van der Waals surface area contributed by atoms with E-state index in [0.717, 1.165) is 18.6 Å². The average Bonchev–Trinajstić information content (AvgIpc) is 2.60. The van der Waals surface area contributed by atoms with Gasteiger partial charge in [0.1, 0.15) is 11.5 Å². The number of halogens is 3. The van der Waals surface area contributed by atoms with E-state index in [1.54, 1.807) is 7.11 Å². The fourth-order valence-electron chi connectivity index (χ4n) is 2.20. The molecule has 0 fully saturated rings. The maximum Gasteiger partial charge on any atom is 0.573 e. The summed E-state index contributed by atoms with van der Waals surface area (Å²) in [6.07, 6.45) is -3.05. The van der Waals surface area contributed by atoms with Crippen molar-refractivity contribution >= 4 is 11.6 Å². The zero-order valence-electron chi connectivity index (χ0n) is 14.2. The van der Waals surface area contributed by atoms with Crippen molar-refractivity contribution in [3.8, 4) is 11.5 Å². The molecule has 0 saturated heterocycles. The Morgan fingerprint density at radius 1 is 1.04 bits per heavy atom. The number of nitrogens with one attached hydrogen (secondary N) is 1. The third-order valence-corrected chi connectivity index (χ3v) is 3.43. The lowest BCUT2D eigenvalue weighted by Gasteiger charge is -2.10. The van der Waals surface area contributed by atoms with Crippen molar-refractivity contribution in [1.82, 2.24) is 0 Å². The van der Waals surface area contributed by atoms with Gasteiger partial charge in [0.2, 0.25) is 0 Å². The minimum Gasteiger partial charge on any atom is -0.497 e. The first-order chi connectivity index (χ1) is 12.4. The molecule has 0 bridgehead atoms. The molecule has 26 heavy (non-hydrogen) atoms. The Hall–Kier alpha value is -2.90. The molecule has 0 unspecified atom stereocenters. The average molecular weight is 367 g/mol. The summed E-state index contributed by atoms with van der Waals surface area (Å²) in [4.78, 5) is 4.20. The molecular formula is C18H20F3N3O2. The molecule has 8 heteroatoms. The quantitative estimate of drug-likeness (QED) is 0.442. The van der Waals surface area contributed by atoms with E-state index in [2.05, 4.69) is 15.0 Å². The van der Waals surface area contributed by atoms with Crippen LogP contribution in [0, 0.1) is 0 Å². The first kappa shape index (κ1) is 19.4. The monoisotopic (exact) mass is 367 g/mol. The number of aryl methyl sites for hydroxylation is 1. The van der Waals surface area contributed by atoms with Crippen LogP contribution in [0.15, 0.2) is 53.5 Å². The van der Waals surface area contributed by atoms with E-state index in [-0.39, 0.29) is 11.7 Å². The lowest BCUT2D eigenvalue weighted by Crippen LogP contribution is -2.23. The number of ether oxygens (including phenoxy) is 2. The summed E-state index contributed by atoms with van der Waals surface area (Å²) in [6.45, 7) is 0.528. The summed E-state index contributed by atoms with van der Waals surface area (Å²) < 4.78 is 45.2. The summed E-state index contributed by atoms with van der Waals surface area (Å²) in [6, 6.07) is 13.1. The van der Waals surface area contributed by atoms with Gasteiger partial charge in [-0.3, -0.25) is 4.99 Å². The molecule has 0 aromatic heterocycles. The predicted octanol–water partition coefficient (Wildman–Crippen LogP) is 3.95. The zero-order valence-corrected chi connectivity index (χ0v) is 14.2. The molecule has 0 aliphatic rings. The van der Waals surface area contributed by atoms with Gasteiger partial charge in [0.15, 0.2) is 5.96 Å². The van der Waals surface area contributed by atoms with Gasteiger partial charge in [-0.1, -0.05) is 12.1 Å². The number of hydrogen-bond donors (Lipinski definition) is 2. The smallest absolute Gasteiger partial charge is 0.497 e. The van der Waals surface area contributed by atoms with Crippen LogP contribution in [-0.2, 0) is 6.42 Å². The Kier molecular flexibility index (Phi) is 6.71. The van der Waals surface area contributed by atoms with Gasteiger partial charge < -0.3 is 20.5 Å². The molecule has 0 saturated carbocycles. The van der Waals surface area contributed by atoms with E-state index < -0.39 is 6.36 Å². The van der Waals surface area contributed by atoms with Crippen LogP contribution < -0.4 is 20.5 Å². The van der Waals surface area contributed by atoms with Crippen molar-refractivity contribution in [2.45, 2.75) is 19.2 Å². The van der Waals surface area contributed by atoms with E-state index in [9.17, 15) is 13.2 Å². The van der Waals surface area contributed by atoms with Crippen LogP contribution in [0.2, 0.25) is 0 Å². The number of nitrogens with two attached hydrogens (primary N) is 1. The second kappa shape index (κ2) is 8.98. The SMILES string of the molecule is COc1ccc(CCCN=C(N)Nc2ccc(OC(F)(F)F)cc2)cc1. The minimum atomic E-state index is -4.71. The predicted molar refractivity (Wildman–Crippen MR) is 94.6 cm³/mol. The highest BCUT2D eigenvalue weighted by atomic mass is 19.4. The molecule has 0 heterocycles. The van der Waals surface area contributed by atoms with Crippen molar-refractivity contribution in [3.63, 3.8) is 0 Å². The van der Waals surface area contributed by atoms with Gasteiger partial charge in [0.25, 0.3) is 0 Å². The van der Waals surface area contributed by atoms with Gasteiger partial charge in [0.05, 0.1) is 7.11 Å².